The normalized spacial score (nSPS) is 19.1. The Labute approximate surface area is 218 Å². The summed E-state index contributed by atoms with van der Waals surface area (Å²) in [5.41, 5.74) is 0.0613. The van der Waals surface area contributed by atoms with Crippen LogP contribution in [0.15, 0.2) is 48.7 Å². The maximum Gasteiger partial charge on any atom is 0.257 e. The Morgan fingerprint density at radius 2 is 1.89 bits per heavy atom. The number of aromatic nitrogens is 1. The van der Waals surface area contributed by atoms with Crippen LogP contribution in [0.25, 0.3) is 0 Å². The van der Waals surface area contributed by atoms with Crippen molar-refractivity contribution >= 4 is 17.7 Å². The lowest BCUT2D eigenvalue weighted by Gasteiger charge is -2.44. The van der Waals surface area contributed by atoms with Crippen molar-refractivity contribution in [2.45, 2.75) is 58.3 Å². The van der Waals surface area contributed by atoms with Gasteiger partial charge >= 0.3 is 0 Å². The number of piperidine rings is 1. The van der Waals surface area contributed by atoms with E-state index in [1.54, 1.807) is 42.5 Å². The molecule has 0 aliphatic carbocycles. The van der Waals surface area contributed by atoms with E-state index >= 15 is 0 Å². The number of carbonyl (C=O) groups excluding carboxylic acids is 3. The van der Waals surface area contributed by atoms with Crippen LogP contribution < -0.4 is 10.1 Å². The van der Waals surface area contributed by atoms with Gasteiger partial charge in [0.1, 0.15) is 17.5 Å². The van der Waals surface area contributed by atoms with Crippen molar-refractivity contribution in [2.24, 2.45) is 5.41 Å². The molecule has 3 heterocycles. The third-order valence-corrected chi connectivity index (χ3v) is 6.85. The molecule has 0 radical (unpaired) electrons. The van der Waals surface area contributed by atoms with E-state index in [4.69, 9.17) is 9.47 Å². The number of likely N-dealkylation sites (tertiary alicyclic amines) is 1. The highest BCUT2D eigenvalue weighted by atomic mass is 16.5. The number of hydrogen-bond donors (Lipinski definition) is 1. The monoisotopic (exact) mass is 508 g/mol. The fraction of sp³-hybridized carbons (Fsp3) is 0.500. The van der Waals surface area contributed by atoms with Crippen molar-refractivity contribution in [3.63, 3.8) is 0 Å². The fourth-order valence-corrected chi connectivity index (χ4v) is 4.93. The van der Waals surface area contributed by atoms with Gasteiger partial charge in [0.15, 0.2) is 0 Å². The van der Waals surface area contributed by atoms with Gasteiger partial charge in [-0.15, -0.1) is 0 Å². The third-order valence-electron chi connectivity index (χ3n) is 6.85. The zero-order chi connectivity index (χ0) is 26.6. The van der Waals surface area contributed by atoms with E-state index in [1.165, 1.54) is 0 Å². The molecule has 2 aliphatic heterocycles. The Hall–Kier alpha value is -3.46. The largest absolute Gasteiger partial charge is 0.497 e. The van der Waals surface area contributed by atoms with E-state index in [2.05, 4.69) is 10.3 Å². The molecule has 0 bridgehead atoms. The highest BCUT2D eigenvalue weighted by molar-refractivity contribution is 5.98. The summed E-state index contributed by atoms with van der Waals surface area (Å²) in [4.78, 5) is 47.8. The second-order valence-corrected chi connectivity index (χ2v) is 10.8. The van der Waals surface area contributed by atoms with Gasteiger partial charge in [0.05, 0.1) is 26.0 Å². The first-order valence-corrected chi connectivity index (χ1v) is 12.7. The molecular formula is C28H36N4O5. The van der Waals surface area contributed by atoms with Gasteiger partial charge in [0, 0.05) is 44.1 Å². The first-order chi connectivity index (χ1) is 17.6. The minimum Gasteiger partial charge on any atom is -0.497 e. The van der Waals surface area contributed by atoms with E-state index in [0.29, 0.717) is 43.7 Å². The Morgan fingerprint density at radius 1 is 1.14 bits per heavy atom. The predicted octanol–water partition coefficient (Wildman–Crippen LogP) is 3.00. The molecule has 1 atom stereocenters. The van der Waals surface area contributed by atoms with Crippen LogP contribution >= 0.6 is 0 Å². The molecule has 2 saturated heterocycles. The summed E-state index contributed by atoms with van der Waals surface area (Å²) in [6.45, 7) is 7.37. The van der Waals surface area contributed by atoms with Crippen molar-refractivity contribution in [3.05, 3.63) is 59.9 Å². The lowest BCUT2D eigenvalue weighted by Crippen LogP contribution is -2.59. The van der Waals surface area contributed by atoms with Crippen LogP contribution in [-0.4, -0.2) is 71.1 Å². The fourth-order valence-electron chi connectivity index (χ4n) is 4.93. The summed E-state index contributed by atoms with van der Waals surface area (Å²) < 4.78 is 11.6. The highest BCUT2D eigenvalue weighted by Gasteiger charge is 2.54. The first-order valence-electron chi connectivity index (χ1n) is 12.7. The summed E-state index contributed by atoms with van der Waals surface area (Å²) in [7, 11) is 1.54. The average molecular weight is 509 g/mol. The maximum atomic E-state index is 13.9. The smallest absolute Gasteiger partial charge is 0.257 e. The molecule has 198 valence electrons. The molecule has 2 fully saturated rings. The van der Waals surface area contributed by atoms with Crippen LogP contribution in [-0.2, 0) is 20.9 Å². The molecule has 9 heteroatoms. The first kappa shape index (κ1) is 26.6. The van der Waals surface area contributed by atoms with Gasteiger partial charge in [0.25, 0.3) is 5.91 Å². The Bertz CT molecular complexity index is 1120. The number of amides is 3. The minimum atomic E-state index is -0.967. The van der Waals surface area contributed by atoms with Gasteiger partial charge in [-0.25, -0.2) is 0 Å². The van der Waals surface area contributed by atoms with Crippen molar-refractivity contribution in [1.82, 2.24) is 20.1 Å². The summed E-state index contributed by atoms with van der Waals surface area (Å²) >= 11 is 0. The Balaban J connectivity index is 1.56. The zero-order valence-corrected chi connectivity index (χ0v) is 22.0. The van der Waals surface area contributed by atoms with Gasteiger partial charge in [-0.3, -0.25) is 24.3 Å². The Kier molecular flexibility index (Phi) is 7.82. The molecule has 9 nitrogen and oxygen atoms in total. The molecule has 1 N–H and O–H groups in total. The van der Waals surface area contributed by atoms with E-state index in [9.17, 15) is 14.4 Å². The second-order valence-electron chi connectivity index (χ2n) is 10.8. The molecule has 0 unspecified atom stereocenters. The quantitative estimate of drug-likeness (QED) is 0.644. The molecule has 1 aromatic heterocycles. The highest BCUT2D eigenvalue weighted by Crippen LogP contribution is 2.39. The second kappa shape index (κ2) is 10.9. The topological polar surface area (TPSA) is 101 Å². The Morgan fingerprint density at radius 3 is 2.54 bits per heavy atom. The lowest BCUT2D eigenvalue weighted by molar-refractivity contribution is -0.145. The molecule has 0 saturated carbocycles. The lowest BCUT2D eigenvalue weighted by atomic mass is 9.90. The number of methoxy groups -OCH3 is 1. The number of carbonyl (C=O) groups is 3. The van der Waals surface area contributed by atoms with Gasteiger partial charge in [-0.2, -0.15) is 0 Å². The van der Waals surface area contributed by atoms with Crippen molar-refractivity contribution in [2.75, 3.05) is 26.8 Å². The predicted molar refractivity (Wildman–Crippen MR) is 138 cm³/mol. The third kappa shape index (κ3) is 6.10. The minimum absolute atomic E-state index is 0.0830. The molecule has 1 aromatic carbocycles. The number of hydrogen-bond acceptors (Lipinski definition) is 6. The van der Waals surface area contributed by atoms with E-state index in [-0.39, 0.29) is 36.3 Å². The standard InChI is InChI=1S/C28H36N4O5/c1-27(2,3)17-24(33)31-14-11-28(12-15-31)32(26(35)20-8-7-10-22(16-20)36-4)23(19-37-28)25(34)30-18-21-9-5-6-13-29-21/h5-10,13,16,23H,11-12,14-15,17-19H2,1-4H3,(H,30,34)/t23-/m0/s1. The van der Waals surface area contributed by atoms with E-state index in [1.807, 2.05) is 43.9 Å². The zero-order valence-electron chi connectivity index (χ0n) is 22.0. The molecule has 2 aromatic rings. The molecule has 3 amide bonds. The number of rotatable bonds is 6. The van der Waals surface area contributed by atoms with E-state index < -0.39 is 11.8 Å². The SMILES string of the molecule is COc1cccc(C(=O)N2[C@H](C(=O)NCc3ccccn3)COC23CCN(C(=O)CC(C)(C)C)CC3)c1. The van der Waals surface area contributed by atoms with Gasteiger partial charge in [-0.05, 0) is 35.7 Å². The van der Waals surface area contributed by atoms with Crippen LogP contribution in [0.4, 0.5) is 0 Å². The maximum absolute atomic E-state index is 13.9. The number of nitrogens with one attached hydrogen (secondary N) is 1. The molecule has 2 aliphatic rings. The van der Waals surface area contributed by atoms with Gasteiger partial charge in [-0.1, -0.05) is 32.9 Å². The number of nitrogens with zero attached hydrogens (tertiary/aromatic N) is 3. The molecule has 1 spiro atoms. The summed E-state index contributed by atoms with van der Waals surface area (Å²) in [5, 5.41) is 2.91. The van der Waals surface area contributed by atoms with Gasteiger partial charge < -0.3 is 19.7 Å². The molecule has 4 rings (SSSR count). The van der Waals surface area contributed by atoms with Crippen molar-refractivity contribution in [1.29, 1.82) is 0 Å². The summed E-state index contributed by atoms with van der Waals surface area (Å²) in [5.74, 6) is 0.0447. The number of benzene rings is 1. The summed E-state index contributed by atoms with van der Waals surface area (Å²) in [6, 6.07) is 11.6. The number of pyridine rings is 1. The van der Waals surface area contributed by atoms with Gasteiger partial charge in [0.2, 0.25) is 11.8 Å². The number of ether oxygens (including phenoxy) is 2. The van der Waals surface area contributed by atoms with E-state index in [0.717, 1.165) is 5.69 Å². The van der Waals surface area contributed by atoms with Crippen LogP contribution in [0.1, 0.15) is 56.1 Å². The van der Waals surface area contributed by atoms with Crippen molar-refractivity contribution < 1.29 is 23.9 Å². The molecule has 37 heavy (non-hydrogen) atoms. The van der Waals surface area contributed by atoms with Crippen molar-refractivity contribution in [3.8, 4) is 5.75 Å². The van der Waals surface area contributed by atoms with Crippen LogP contribution in [0.2, 0.25) is 0 Å². The summed E-state index contributed by atoms with van der Waals surface area (Å²) in [6.07, 6.45) is 2.99. The average Bonchev–Trinajstić information content (AvgIpc) is 3.25. The molecular weight excluding hydrogens is 472 g/mol. The van der Waals surface area contributed by atoms with Crippen LogP contribution in [0, 0.1) is 5.41 Å². The van der Waals surface area contributed by atoms with Crippen LogP contribution in [0.3, 0.4) is 0 Å². The van der Waals surface area contributed by atoms with Crippen LogP contribution in [0.5, 0.6) is 5.75 Å².